The Balaban J connectivity index is 1.84. The number of methoxy groups -OCH3 is 3. The predicted molar refractivity (Wildman–Crippen MR) is 108 cm³/mol. The van der Waals surface area contributed by atoms with Crippen molar-refractivity contribution in [2.75, 3.05) is 27.9 Å². The van der Waals surface area contributed by atoms with Gasteiger partial charge in [-0.1, -0.05) is 19.1 Å². The molecule has 1 aromatic heterocycles. The lowest BCUT2D eigenvalue weighted by Gasteiger charge is -2.17. The summed E-state index contributed by atoms with van der Waals surface area (Å²) < 4.78 is 44.1. The number of hydrogen-bond donors (Lipinski definition) is 1. The summed E-state index contributed by atoms with van der Waals surface area (Å²) in [5.74, 6) is 0.249. The molecule has 160 valence electrons. The summed E-state index contributed by atoms with van der Waals surface area (Å²) in [5, 5.41) is 2.76. The van der Waals surface area contributed by atoms with E-state index in [1.165, 1.54) is 21.3 Å². The van der Waals surface area contributed by atoms with E-state index in [2.05, 4.69) is 10.3 Å². The van der Waals surface area contributed by atoms with E-state index in [1.54, 1.807) is 43.3 Å². The molecule has 0 unspecified atom stereocenters. The van der Waals surface area contributed by atoms with Crippen LogP contribution >= 0.6 is 0 Å². The minimum atomic E-state index is -2.74. The highest BCUT2D eigenvalue weighted by Gasteiger charge is 2.24. The zero-order valence-corrected chi connectivity index (χ0v) is 17.1. The Morgan fingerprint density at radius 3 is 2.40 bits per heavy atom. The van der Waals surface area contributed by atoms with Gasteiger partial charge in [-0.25, -0.2) is 4.98 Å². The number of carbonyl (C=O) groups excluding carboxylic acids is 1. The highest BCUT2D eigenvalue weighted by atomic mass is 19.3. The molecule has 0 aliphatic heterocycles. The molecule has 0 bridgehead atoms. The third kappa shape index (κ3) is 3.87. The molecule has 9 heteroatoms. The van der Waals surface area contributed by atoms with Crippen LogP contribution in [0.5, 0.6) is 17.2 Å². The number of hydrogen-bond acceptors (Lipinski definition) is 5. The molecule has 1 heterocycles. The molecule has 0 radical (unpaired) electrons. The maximum Gasteiger partial charge on any atom is 0.320 e. The predicted octanol–water partition coefficient (Wildman–Crippen LogP) is 3.99. The monoisotopic (exact) mass is 419 g/mol. The highest BCUT2D eigenvalue weighted by molar-refractivity contribution is 5.98. The molecular formula is C21H23F2N3O4. The Morgan fingerprint density at radius 1 is 1.07 bits per heavy atom. The van der Waals surface area contributed by atoms with Crippen LogP contribution in [-0.4, -0.2) is 43.3 Å². The van der Waals surface area contributed by atoms with Crippen molar-refractivity contribution in [3.8, 4) is 17.2 Å². The summed E-state index contributed by atoms with van der Waals surface area (Å²) >= 11 is 0. The fourth-order valence-corrected chi connectivity index (χ4v) is 3.33. The van der Waals surface area contributed by atoms with Crippen LogP contribution in [0.4, 0.5) is 8.78 Å². The summed E-state index contributed by atoms with van der Waals surface area (Å²) in [6.07, 6.45) is 0. The number of fused-ring (bicyclic) bond motifs is 1. The van der Waals surface area contributed by atoms with Gasteiger partial charge in [-0.15, -0.1) is 0 Å². The highest BCUT2D eigenvalue weighted by Crippen LogP contribution is 2.39. The van der Waals surface area contributed by atoms with Crippen molar-refractivity contribution < 1.29 is 27.8 Å². The number of alkyl halides is 2. The van der Waals surface area contributed by atoms with E-state index in [1.807, 2.05) is 0 Å². The van der Waals surface area contributed by atoms with Crippen molar-refractivity contribution in [2.24, 2.45) is 0 Å². The first-order valence-corrected chi connectivity index (χ1v) is 9.25. The van der Waals surface area contributed by atoms with Gasteiger partial charge in [0.05, 0.1) is 37.9 Å². The van der Waals surface area contributed by atoms with Crippen LogP contribution in [0, 0.1) is 0 Å². The van der Waals surface area contributed by atoms with Crippen molar-refractivity contribution >= 4 is 16.9 Å². The van der Waals surface area contributed by atoms with Gasteiger partial charge in [-0.3, -0.25) is 9.36 Å². The van der Waals surface area contributed by atoms with Gasteiger partial charge >= 0.3 is 6.55 Å². The van der Waals surface area contributed by atoms with Crippen molar-refractivity contribution in [2.45, 2.75) is 19.4 Å². The largest absolute Gasteiger partial charge is 0.493 e. The number of ether oxygens (including phenoxy) is 3. The van der Waals surface area contributed by atoms with Crippen molar-refractivity contribution in [3.05, 3.63) is 47.8 Å². The molecule has 0 fully saturated rings. The molecule has 0 aliphatic rings. The molecule has 3 rings (SSSR count). The SMILES string of the molecule is COc1ccc(C(=O)NC[C@H](C)c2nc3ccccc3n2C(F)F)c(OC)c1OC. The van der Waals surface area contributed by atoms with E-state index < -0.39 is 18.4 Å². The average Bonchev–Trinajstić information content (AvgIpc) is 3.15. The van der Waals surface area contributed by atoms with Gasteiger partial charge in [0.1, 0.15) is 5.82 Å². The van der Waals surface area contributed by atoms with E-state index in [9.17, 15) is 13.6 Å². The van der Waals surface area contributed by atoms with Gasteiger partial charge in [-0.2, -0.15) is 8.78 Å². The molecule has 7 nitrogen and oxygen atoms in total. The molecule has 1 atom stereocenters. The second-order valence-electron chi connectivity index (χ2n) is 6.60. The number of aromatic nitrogens is 2. The number of imidazole rings is 1. The van der Waals surface area contributed by atoms with Crippen LogP contribution in [0.25, 0.3) is 11.0 Å². The standard InChI is InChI=1S/C21H23F2N3O4/c1-12(19-25-14-7-5-6-8-15(14)26(19)21(22)23)11-24-20(27)13-9-10-16(28-2)18(30-4)17(13)29-3/h5-10,12,21H,11H2,1-4H3,(H,24,27)/t12-/m0/s1. The number of nitrogens with one attached hydrogen (secondary N) is 1. The lowest BCUT2D eigenvalue weighted by atomic mass is 10.1. The van der Waals surface area contributed by atoms with Crippen LogP contribution in [0.3, 0.4) is 0 Å². The minimum absolute atomic E-state index is 0.104. The van der Waals surface area contributed by atoms with Crippen LogP contribution in [-0.2, 0) is 0 Å². The molecule has 30 heavy (non-hydrogen) atoms. The molecule has 1 amide bonds. The molecule has 0 saturated carbocycles. The average molecular weight is 419 g/mol. The number of halogens is 2. The van der Waals surface area contributed by atoms with E-state index in [0.29, 0.717) is 22.5 Å². The first kappa shape index (κ1) is 21.4. The third-order valence-corrected chi connectivity index (χ3v) is 4.78. The molecule has 0 spiro atoms. The van der Waals surface area contributed by atoms with Gasteiger partial charge in [0.25, 0.3) is 5.91 Å². The maximum absolute atomic E-state index is 13.7. The third-order valence-electron chi connectivity index (χ3n) is 4.78. The van der Waals surface area contributed by atoms with Crippen LogP contribution in [0.1, 0.15) is 35.6 Å². The minimum Gasteiger partial charge on any atom is -0.493 e. The van der Waals surface area contributed by atoms with Crippen molar-refractivity contribution in [1.29, 1.82) is 0 Å². The lowest BCUT2D eigenvalue weighted by Crippen LogP contribution is -2.29. The van der Waals surface area contributed by atoms with Gasteiger partial charge < -0.3 is 19.5 Å². The zero-order valence-electron chi connectivity index (χ0n) is 17.1. The van der Waals surface area contributed by atoms with Gasteiger partial charge in [0.15, 0.2) is 11.5 Å². The Hall–Kier alpha value is -3.36. The lowest BCUT2D eigenvalue weighted by molar-refractivity contribution is 0.0704. The Bertz CT molecular complexity index is 1050. The molecule has 3 aromatic rings. The summed E-state index contributed by atoms with van der Waals surface area (Å²) in [6.45, 7) is -0.907. The Morgan fingerprint density at radius 2 is 1.77 bits per heavy atom. The summed E-state index contributed by atoms with van der Waals surface area (Å²) in [4.78, 5) is 17.1. The molecule has 1 N–H and O–H groups in total. The van der Waals surface area contributed by atoms with E-state index in [4.69, 9.17) is 14.2 Å². The van der Waals surface area contributed by atoms with Crippen molar-refractivity contribution in [3.63, 3.8) is 0 Å². The van der Waals surface area contributed by atoms with Crippen LogP contribution in [0.2, 0.25) is 0 Å². The quantitative estimate of drug-likeness (QED) is 0.598. The summed E-state index contributed by atoms with van der Waals surface area (Å²) in [5.41, 5.74) is 1.07. The zero-order chi connectivity index (χ0) is 21.8. The normalized spacial score (nSPS) is 12.1. The number of rotatable bonds is 8. The fraction of sp³-hybridized carbons (Fsp3) is 0.333. The number of para-hydroxylation sites is 2. The molecule has 2 aromatic carbocycles. The first-order valence-electron chi connectivity index (χ1n) is 9.25. The number of carbonyl (C=O) groups is 1. The molecule has 0 aliphatic carbocycles. The smallest absolute Gasteiger partial charge is 0.320 e. The number of benzene rings is 2. The van der Waals surface area contributed by atoms with E-state index in [0.717, 1.165) is 4.57 Å². The van der Waals surface area contributed by atoms with Gasteiger partial charge in [0.2, 0.25) is 5.75 Å². The Labute approximate surface area is 172 Å². The Kier molecular flexibility index (Phi) is 6.39. The fourth-order valence-electron chi connectivity index (χ4n) is 3.33. The second kappa shape index (κ2) is 8.98. The summed E-state index contributed by atoms with van der Waals surface area (Å²) in [7, 11) is 4.34. The number of amides is 1. The topological polar surface area (TPSA) is 74.6 Å². The molecular weight excluding hydrogens is 396 g/mol. The maximum atomic E-state index is 13.7. The second-order valence-corrected chi connectivity index (χ2v) is 6.60. The van der Waals surface area contributed by atoms with Crippen LogP contribution < -0.4 is 19.5 Å². The van der Waals surface area contributed by atoms with Crippen LogP contribution in [0.15, 0.2) is 36.4 Å². The van der Waals surface area contributed by atoms with Crippen molar-refractivity contribution in [1.82, 2.24) is 14.9 Å². The van der Waals surface area contributed by atoms with Gasteiger partial charge in [0, 0.05) is 12.5 Å². The molecule has 0 saturated heterocycles. The van der Waals surface area contributed by atoms with E-state index in [-0.39, 0.29) is 23.7 Å². The first-order chi connectivity index (χ1) is 14.4. The summed E-state index contributed by atoms with van der Waals surface area (Å²) in [6, 6.07) is 9.84. The number of nitrogens with zero attached hydrogens (tertiary/aromatic N) is 2. The van der Waals surface area contributed by atoms with Gasteiger partial charge in [-0.05, 0) is 24.3 Å². The van der Waals surface area contributed by atoms with E-state index >= 15 is 0 Å².